The van der Waals surface area contributed by atoms with E-state index < -0.39 is 10.0 Å². The van der Waals surface area contributed by atoms with E-state index in [1.807, 2.05) is 42.5 Å². The van der Waals surface area contributed by atoms with Gasteiger partial charge in [0.1, 0.15) is 0 Å². The summed E-state index contributed by atoms with van der Waals surface area (Å²) >= 11 is 0. The molecule has 0 aliphatic carbocycles. The number of nitrogens with zero attached hydrogens (tertiary/aromatic N) is 1. The molecule has 27 heavy (non-hydrogen) atoms. The Bertz CT molecular complexity index is 1070. The van der Waals surface area contributed by atoms with Crippen molar-refractivity contribution in [3.05, 3.63) is 72.3 Å². The van der Waals surface area contributed by atoms with Crippen LogP contribution in [0.1, 0.15) is 24.2 Å². The van der Waals surface area contributed by atoms with Crippen LogP contribution in [0.5, 0.6) is 0 Å². The van der Waals surface area contributed by atoms with Gasteiger partial charge in [-0.2, -0.15) is 0 Å². The van der Waals surface area contributed by atoms with E-state index in [2.05, 4.69) is 4.72 Å². The molecule has 0 heterocycles. The maximum absolute atomic E-state index is 12.8. The van der Waals surface area contributed by atoms with Crippen molar-refractivity contribution in [3.63, 3.8) is 0 Å². The Balaban J connectivity index is 1.84. The van der Waals surface area contributed by atoms with Crippen molar-refractivity contribution in [2.45, 2.75) is 24.8 Å². The van der Waals surface area contributed by atoms with Crippen LogP contribution in [0.2, 0.25) is 0 Å². The van der Waals surface area contributed by atoms with Gasteiger partial charge in [-0.15, -0.1) is 0 Å². The molecule has 0 radical (unpaired) electrons. The number of amides is 1. The molecule has 1 N–H and O–H groups in total. The summed E-state index contributed by atoms with van der Waals surface area (Å²) < 4.78 is 26.9. The van der Waals surface area contributed by atoms with E-state index in [0.29, 0.717) is 5.56 Å². The molecular formula is C21H22N2O3S. The number of carbonyl (C=O) groups excluding carboxylic acids is 1. The zero-order valence-electron chi connectivity index (χ0n) is 15.5. The quantitative estimate of drug-likeness (QED) is 0.730. The lowest BCUT2D eigenvalue weighted by Crippen LogP contribution is -2.30. The van der Waals surface area contributed by atoms with Gasteiger partial charge in [-0.3, -0.25) is 4.79 Å². The van der Waals surface area contributed by atoms with Crippen molar-refractivity contribution in [2.75, 3.05) is 11.9 Å². The first-order valence-corrected chi connectivity index (χ1v) is 10.2. The van der Waals surface area contributed by atoms with Gasteiger partial charge in [-0.05, 0) is 61.0 Å². The van der Waals surface area contributed by atoms with Crippen LogP contribution in [-0.4, -0.2) is 27.4 Å². The Labute approximate surface area is 159 Å². The third kappa shape index (κ3) is 4.18. The molecule has 140 valence electrons. The average molecular weight is 382 g/mol. The molecule has 0 fully saturated rings. The maximum atomic E-state index is 12.8. The molecule has 3 aromatic rings. The van der Waals surface area contributed by atoms with Crippen LogP contribution in [-0.2, 0) is 10.0 Å². The summed E-state index contributed by atoms with van der Waals surface area (Å²) in [6.07, 6.45) is 0. The lowest BCUT2D eigenvalue weighted by atomic mass is 10.1. The number of nitrogens with one attached hydrogen (secondary N) is 1. The Morgan fingerprint density at radius 3 is 2.19 bits per heavy atom. The zero-order chi connectivity index (χ0) is 19.6. The first-order chi connectivity index (χ1) is 12.8. The fourth-order valence-electron chi connectivity index (χ4n) is 2.85. The van der Waals surface area contributed by atoms with Crippen LogP contribution in [0.4, 0.5) is 5.69 Å². The SMILES string of the molecule is CC(C)NS(=O)(=O)c1ccc(C(=O)N(C)c2ccc3ccccc3c2)cc1. The van der Waals surface area contributed by atoms with Gasteiger partial charge in [-0.1, -0.05) is 30.3 Å². The largest absolute Gasteiger partial charge is 0.311 e. The Hall–Kier alpha value is -2.70. The molecule has 6 heteroatoms. The first kappa shape index (κ1) is 19.1. The van der Waals surface area contributed by atoms with Crippen LogP contribution in [0, 0.1) is 0 Å². The van der Waals surface area contributed by atoms with Crippen LogP contribution in [0.25, 0.3) is 10.8 Å². The molecule has 0 atom stereocenters. The highest BCUT2D eigenvalue weighted by Crippen LogP contribution is 2.23. The van der Waals surface area contributed by atoms with Crippen molar-refractivity contribution < 1.29 is 13.2 Å². The smallest absolute Gasteiger partial charge is 0.258 e. The molecule has 0 saturated heterocycles. The molecule has 3 rings (SSSR count). The number of benzene rings is 3. The summed E-state index contributed by atoms with van der Waals surface area (Å²) in [7, 11) is -1.87. The summed E-state index contributed by atoms with van der Waals surface area (Å²) in [6, 6.07) is 19.5. The van der Waals surface area contributed by atoms with Gasteiger partial charge in [0.25, 0.3) is 5.91 Å². The molecule has 1 amide bonds. The summed E-state index contributed by atoms with van der Waals surface area (Å²) in [5, 5.41) is 2.16. The molecule has 0 saturated carbocycles. The van der Waals surface area contributed by atoms with Gasteiger partial charge in [-0.25, -0.2) is 13.1 Å². The van der Waals surface area contributed by atoms with Crippen LogP contribution >= 0.6 is 0 Å². The van der Waals surface area contributed by atoms with E-state index in [1.165, 1.54) is 24.3 Å². The number of sulfonamides is 1. The number of rotatable bonds is 5. The molecule has 0 aliphatic heterocycles. The molecule has 0 bridgehead atoms. The fourth-order valence-corrected chi connectivity index (χ4v) is 4.10. The number of anilines is 1. The third-order valence-electron chi connectivity index (χ3n) is 4.23. The topological polar surface area (TPSA) is 66.5 Å². The average Bonchev–Trinajstić information content (AvgIpc) is 2.65. The predicted molar refractivity (Wildman–Crippen MR) is 109 cm³/mol. The van der Waals surface area contributed by atoms with Crippen molar-refractivity contribution >= 4 is 32.4 Å². The van der Waals surface area contributed by atoms with Gasteiger partial charge in [0.15, 0.2) is 0 Å². The van der Waals surface area contributed by atoms with E-state index in [0.717, 1.165) is 16.5 Å². The lowest BCUT2D eigenvalue weighted by molar-refractivity contribution is 0.0993. The van der Waals surface area contributed by atoms with Crippen LogP contribution < -0.4 is 9.62 Å². The third-order valence-corrected chi connectivity index (χ3v) is 5.90. The minimum absolute atomic E-state index is 0.140. The minimum atomic E-state index is -3.57. The Morgan fingerprint density at radius 1 is 0.926 bits per heavy atom. The van der Waals surface area contributed by atoms with E-state index in [9.17, 15) is 13.2 Å². The van der Waals surface area contributed by atoms with Gasteiger partial charge < -0.3 is 4.90 Å². The predicted octanol–water partition coefficient (Wildman–Crippen LogP) is 3.80. The lowest BCUT2D eigenvalue weighted by Gasteiger charge is -2.18. The van der Waals surface area contributed by atoms with E-state index in [4.69, 9.17) is 0 Å². The summed E-state index contributed by atoms with van der Waals surface area (Å²) in [5.74, 6) is -0.203. The number of hydrogen-bond acceptors (Lipinski definition) is 3. The highest BCUT2D eigenvalue weighted by Gasteiger charge is 2.18. The highest BCUT2D eigenvalue weighted by molar-refractivity contribution is 7.89. The Morgan fingerprint density at radius 2 is 1.56 bits per heavy atom. The number of fused-ring (bicyclic) bond motifs is 1. The second kappa shape index (κ2) is 7.50. The van der Waals surface area contributed by atoms with Gasteiger partial charge in [0, 0.05) is 24.3 Å². The molecule has 5 nitrogen and oxygen atoms in total. The molecule has 0 spiro atoms. The van der Waals surface area contributed by atoms with Crippen molar-refractivity contribution in [1.29, 1.82) is 0 Å². The summed E-state index contributed by atoms with van der Waals surface area (Å²) in [6.45, 7) is 3.52. The van der Waals surface area contributed by atoms with Crippen molar-refractivity contribution in [3.8, 4) is 0 Å². The van der Waals surface area contributed by atoms with Gasteiger partial charge in [0.05, 0.1) is 4.90 Å². The second-order valence-electron chi connectivity index (χ2n) is 6.70. The Kier molecular flexibility index (Phi) is 5.30. The van der Waals surface area contributed by atoms with E-state index in [1.54, 1.807) is 25.8 Å². The van der Waals surface area contributed by atoms with E-state index in [-0.39, 0.29) is 16.8 Å². The van der Waals surface area contributed by atoms with Crippen molar-refractivity contribution in [1.82, 2.24) is 4.72 Å². The molecule has 3 aromatic carbocycles. The maximum Gasteiger partial charge on any atom is 0.258 e. The highest BCUT2D eigenvalue weighted by atomic mass is 32.2. The minimum Gasteiger partial charge on any atom is -0.311 e. The monoisotopic (exact) mass is 382 g/mol. The fraction of sp³-hybridized carbons (Fsp3) is 0.190. The zero-order valence-corrected chi connectivity index (χ0v) is 16.3. The van der Waals surface area contributed by atoms with Gasteiger partial charge in [0.2, 0.25) is 10.0 Å². The summed E-state index contributed by atoms with van der Waals surface area (Å²) in [4.78, 5) is 14.5. The number of hydrogen-bond donors (Lipinski definition) is 1. The van der Waals surface area contributed by atoms with E-state index >= 15 is 0 Å². The van der Waals surface area contributed by atoms with Crippen LogP contribution in [0.15, 0.2) is 71.6 Å². The normalized spacial score (nSPS) is 11.7. The first-order valence-electron chi connectivity index (χ1n) is 8.67. The molecule has 0 aliphatic rings. The standard InChI is InChI=1S/C21H22N2O3S/c1-15(2)22-27(25,26)20-12-9-17(10-13-20)21(24)23(3)19-11-8-16-6-4-5-7-18(16)14-19/h4-15,22H,1-3H3. The molecule has 0 aromatic heterocycles. The summed E-state index contributed by atoms with van der Waals surface area (Å²) in [5.41, 5.74) is 1.20. The van der Waals surface area contributed by atoms with Crippen molar-refractivity contribution in [2.24, 2.45) is 0 Å². The van der Waals surface area contributed by atoms with Crippen LogP contribution in [0.3, 0.4) is 0 Å². The number of carbonyl (C=O) groups is 1. The molecular weight excluding hydrogens is 360 g/mol. The molecule has 0 unspecified atom stereocenters. The second-order valence-corrected chi connectivity index (χ2v) is 8.41. The van der Waals surface area contributed by atoms with Gasteiger partial charge >= 0.3 is 0 Å².